The van der Waals surface area contributed by atoms with Crippen molar-refractivity contribution in [2.24, 2.45) is 4.99 Å². The van der Waals surface area contributed by atoms with Crippen molar-refractivity contribution in [2.75, 3.05) is 39.2 Å². The van der Waals surface area contributed by atoms with Crippen molar-refractivity contribution in [3.8, 4) is 11.5 Å². The molecule has 2 aromatic rings. The fourth-order valence-corrected chi connectivity index (χ4v) is 3.09. The molecule has 30 heavy (non-hydrogen) atoms. The molecule has 0 fully saturated rings. The van der Waals surface area contributed by atoms with Gasteiger partial charge in [0.05, 0.1) is 13.7 Å². The van der Waals surface area contributed by atoms with Gasteiger partial charge in [-0.15, -0.1) is 24.0 Å². The number of anilines is 1. The van der Waals surface area contributed by atoms with E-state index in [1.165, 1.54) is 11.1 Å². The number of hydrogen-bond donors (Lipinski definition) is 2. The molecule has 6 nitrogen and oxygen atoms in total. The van der Waals surface area contributed by atoms with Gasteiger partial charge >= 0.3 is 0 Å². The minimum absolute atomic E-state index is 0. The number of benzene rings is 2. The lowest BCUT2D eigenvalue weighted by Gasteiger charge is -2.21. The van der Waals surface area contributed by atoms with Crippen LogP contribution in [-0.2, 0) is 13.1 Å². The Bertz CT molecular complexity index is 795. The second-order valence-electron chi connectivity index (χ2n) is 6.58. The van der Waals surface area contributed by atoms with Crippen LogP contribution >= 0.6 is 24.0 Å². The van der Waals surface area contributed by atoms with Gasteiger partial charge in [0.2, 0.25) is 0 Å². The lowest BCUT2D eigenvalue weighted by molar-refractivity contribution is 0.295. The van der Waals surface area contributed by atoms with E-state index in [1.807, 2.05) is 25.1 Å². The van der Waals surface area contributed by atoms with Crippen molar-refractivity contribution in [3.63, 3.8) is 0 Å². The van der Waals surface area contributed by atoms with Crippen LogP contribution in [0.25, 0.3) is 0 Å². The quantitative estimate of drug-likeness (QED) is 0.266. The number of halogens is 1. The third kappa shape index (κ3) is 7.68. The molecule has 0 unspecified atom stereocenters. The summed E-state index contributed by atoms with van der Waals surface area (Å²) in [6, 6.07) is 14.3. The highest BCUT2D eigenvalue weighted by atomic mass is 127. The van der Waals surface area contributed by atoms with Gasteiger partial charge in [0.1, 0.15) is 0 Å². The first kappa shape index (κ1) is 26.0. The van der Waals surface area contributed by atoms with E-state index < -0.39 is 0 Å². The molecule has 0 aliphatic rings. The highest BCUT2D eigenvalue weighted by molar-refractivity contribution is 14.0. The summed E-state index contributed by atoms with van der Waals surface area (Å²) in [6.45, 7) is 10.7. The van der Waals surface area contributed by atoms with Crippen LogP contribution in [0.2, 0.25) is 0 Å². The molecule has 2 aromatic carbocycles. The Balaban J connectivity index is 0.00000450. The molecule has 0 bridgehead atoms. The first-order valence-corrected chi connectivity index (χ1v) is 10.2. The number of rotatable bonds is 10. The summed E-state index contributed by atoms with van der Waals surface area (Å²) in [6.07, 6.45) is 0. The molecule has 0 saturated carbocycles. The van der Waals surface area contributed by atoms with Crippen molar-refractivity contribution >= 4 is 35.6 Å². The first-order valence-electron chi connectivity index (χ1n) is 10.2. The van der Waals surface area contributed by atoms with Crippen LogP contribution in [0, 0.1) is 0 Å². The standard InChI is InChI=1S/C23H34N4O2.HI/c1-6-27(7-2)17-19-12-10-9-11-18(19)16-25-23(24-4)26-20-13-14-21(29-8-3)22(15-20)28-5;/h9-15H,6-8,16-17H2,1-5H3,(H2,24,25,26);1H. The average molecular weight is 526 g/mol. The number of guanidine groups is 1. The first-order chi connectivity index (χ1) is 14.1. The highest BCUT2D eigenvalue weighted by Crippen LogP contribution is 2.30. The molecule has 0 heterocycles. The van der Waals surface area contributed by atoms with Crippen molar-refractivity contribution in [1.82, 2.24) is 10.2 Å². The van der Waals surface area contributed by atoms with Crippen LogP contribution < -0.4 is 20.1 Å². The minimum atomic E-state index is 0. The maximum atomic E-state index is 5.58. The molecule has 0 amide bonds. The van der Waals surface area contributed by atoms with E-state index in [9.17, 15) is 0 Å². The van der Waals surface area contributed by atoms with Crippen molar-refractivity contribution in [1.29, 1.82) is 0 Å². The van der Waals surface area contributed by atoms with Gasteiger partial charge in [0.15, 0.2) is 17.5 Å². The summed E-state index contributed by atoms with van der Waals surface area (Å²) in [5.41, 5.74) is 3.49. The molecule has 0 atom stereocenters. The van der Waals surface area contributed by atoms with Gasteiger partial charge in [-0.05, 0) is 43.3 Å². The Morgan fingerprint density at radius 2 is 1.70 bits per heavy atom. The molecule has 0 spiro atoms. The zero-order valence-corrected chi connectivity index (χ0v) is 21.0. The maximum absolute atomic E-state index is 5.58. The maximum Gasteiger partial charge on any atom is 0.195 e. The van der Waals surface area contributed by atoms with Gasteiger partial charge in [0.25, 0.3) is 0 Å². The smallest absolute Gasteiger partial charge is 0.195 e. The largest absolute Gasteiger partial charge is 0.493 e. The second-order valence-corrected chi connectivity index (χ2v) is 6.58. The van der Waals surface area contributed by atoms with E-state index >= 15 is 0 Å². The van der Waals surface area contributed by atoms with Gasteiger partial charge in [-0.2, -0.15) is 0 Å². The molecular formula is C23H35IN4O2. The van der Waals surface area contributed by atoms with Crippen LogP contribution in [0.1, 0.15) is 31.9 Å². The number of hydrogen-bond acceptors (Lipinski definition) is 4. The molecule has 0 aliphatic heterocycles. The molecule has 0 saturated heterocycles. The topological polar surface area (TPSA) is 58.1 Å². The number of nitrogens with one attached hydrogen (secondary N) is 2. The Morgan fingerprint density at radius 1 is 1.00 bits per heavy atom. The van der Waals surface area contributed by atoms with E-state index in [1.54, 1.807) is 14.2 Å². The molecule has 0 radical (unpaired) electrons. The van der Waals surface area contributed by atoms with Gasteiger partial charge in [-0.1, -0.05) is 38.1 Å². The summed E-state index contributed by atoms with van der Waals surface area (Å²) in [7, 11) is 3.41. The Hall–Kier alpha value is -2.00. The third-order valence-electron chi connectivity index (χ3n) is 4.80. The van der Waals surface area contributed by atoms with Gasteiger partial charge in [-0.25, -0.2) is 0 Å². The summed E-state index contributed by atoms with van der Waals surface area (Å²) in [5, 5.41) is 6.73. The molecule has 2 rings (SSSR count). The zero-order chi connectivity index (χ0) is 21.1. The van der Waals surface area contributed by atoms with Crippen LogP contribution in [-0.4, -0.2) is 44.7 Å². The van der Waals surface area contributed by atoms with E-state index in [-0.39, 0.29) is 24.0 Å². The van der Waals surface area contributed by atoms with Crippen LogP contribution in [0.3, 0.4) is 0 Å². The van der Waals surface area contributed by atoms with Crippen molar-refractivity contribution < 1.29 is 9.47 Å². The molecule has 0 aromatic heterocycles. The summed E-state index contributed by atoms with van der Waals surface area (Å²) >= 11 is 0. The summed E-state index contributed by atoms with van der Waals surface area (Å²) in [5.74, 6) is 2.12. The third-order valence-corrected chi connectivity index (χ3v) is 4.80. The zero-order valence-electron chi connectivity index (χ0n) is 18.7. The lowest BCUT2D eigenvalue weighted by Crippen LogP contribution is -2.31. The minimum Gasteiger partial charge on any atom is -0.493 e. The number of ether oxygens (including phenoxy) is 2. The van der Waals surface area contributed by atoms with Gasteiger partial charge < -0.3 is 20.1 Å². The van der Waals surface area contributed by atoms with Crippen LogP contribution in [0.5, 0.6) is 11.5 Å². The Kier molecular flexibility index (Phi) is 12.2. The van der Waals surface area contributed by atoms with Crippen molar-refractivity contribution in [3.05, 3.63) is 53.6 Å². The number of methoxy groups -OCH3 is 1. The predicted molar refractivity (Wildman–Crippen MR) is 136 cm³/mol. The van der Waals surface area contributed by atoms with Gasteiger partial charge in [-0.3, -0.25) is 9.89 Å². The van der Waals surface area contributed by atoms with E-state index in [0.29, 0.717) is 24.9 Å². The predicted octanol–water partition coefficient (Wildman–Crippen LogP) is 4.74. The van der Waals surface area contributed by atoms with Crippen LogP contribution in [0.4, 0.5) is 5.69 Å². The molecular weight excluding hydrogens is 491 g/mol. The normalized spacial score (nSPS) is 11.1. The van der Waals surface area contributed by atoms with Crippen molar-refractivity contribution in [2.45, 2.75) is 33.9 Å². The fraction of sp³-hybridized carbons (Fsp3) is 0.435. The van der Waals surface area contributed by atoms with E-state index in [0.717, 1.165) is 31.1 Å². The highest BCUT2D eigenvalue weighted by Gasteiger charge is 2.09. The monoisotopic (exact) mass is 526 g/mol. The molecule has 7 heteroatoms. The summed E-state index contributed by atoms with van der Waals surface area (Å²) in [4.78, 5) is 6.76. The second kappa shape index (κ2) is 14.1. The lowest BCUT2D eigenvalue weighted by atomic mass is 10.1. The van der Waals surface area contributed by atoms with E-state index in [2.05, 4.69) is 58.6 Å². The number of nitrogens with zero attached hydrogens (tertiary/aromatic N) is 2. The number of aliphatic imine (C=N–C) groups is 1. The Labute approximate surface area is 198 Å². The van der Waals surface area contributed by atoms with Gasteiger partial charge in [0, 0.05) is 31.9 Å². The SMILES string of the molecule is CCOc1ccc(NC(=NC)NCc2ccccc2CN(CC)CC)cc1OC.I. The molecule has 2 N–H and O–H groups in total. The summed E-state index contributed by atoms with van der Waals surface area (Å²) < 4.78 is 11.0. The molecule has 166 valence electrons. The Morgan fingerprint density at radius 3 is 2.30 bits per heavy atom. The average Bonchev–Trinajstić information content (AvgIpc) is 2.76. The van der Waals surface area contributed by atoms with Crippen LogP contribution in [0.15, 0.2) is 47.5 Å². The molecule has 0 aliphatic carbocycles. The fourth-order valence-electron chi connectivity index (χ4n) is 3.09. The van der Waals surface area contributed by atoms with E-state index in [4.69, 9.17) is 9.47 Å².